The number of benzene rings is 1. The molecule has 1 atom stereocenters. The van der Waals surface area contributed by atoms with Crippen molar-refractivity contribution in [3.63, 3.8) is 0 Å². The van der Waals surface area contributed by atoms with E-state index >= 15 is 0 Å². The highest BCUT2D eigenvalue weighted by Gasteiger charge is 2.10. The Kier molecular flexibility index (Phi) is 2.13. The molecule has 2 aromatic rings. The van der Waals surface area contributed by atoms with E-state index in [0.717, 1.165) is 0 Å². The van der Waals surface area contributed by atoms with Gasteiger partial charge < -0.3 is 0 Å². The fraction of sp³-hybridized carbons (Fsp3) is 0.182. The smallest absolute Gasteiger partial charge is 0.242 e. The molecule has 0 saturated heterocycles. The maximum atomic E-state index is 3.04. The molecule has 0 radical (unpaired) electrons. The second-order valence-electron chi connectivity index (χ2n) is 3.15. The van der Waals surface area contributed by atoms with Crippen LogP contribution in [-0.2, 0) is 0 Å². The van der Waals surface area contributed by atoms with Crippen molar-refractivity contribution in [1.29, 1.82) is 0 Å². The molecule has 1 aromatic carbocycles. The molecule has 66 valence electrons. The first kappa shape index (κ1) is 8.05. The Morgan fingerprint density at radius 2 is 2.00 bits per heavy atom. The molecule has 0 saturated carbocycles. The molecule has 0 spiro atoms. The van der Waals surface area contributed by atoms with Gasteiger partial charge >= 0.3 is 0 Å². The highest BCUT2D eigenvalue weighted by atomic mass is 15.0. The van der Waals surface area contributed by atoms with E-state index < -0.39 is 0 Å². The van der Waals surface area contributed by atoms with E-state index in [2.05, 4.69) is 40.7 Å². The van der Waals surface area contributed by atoms with Crippen LogP contribution >= 0.6 is 0 Å². The van der Waals surface area contributed by atoms with Crippen molar-refractivity contribution in [2.75, 3.05) is 0 Å². The van der Waals surface area contributed by atoms with E-state index in [4.69, 9.17) is 0 Å². The third-order valence-electron chi connectivity index (χ3n) is 2.30. The van der Waals surface area contributed by atoms with Gasteiger partial charge in [-0.25, -0.2) is 4.57 Å². The number of rotatable bonds is 2. The Balaban J connectivity index is 2.29. The number of aromatic nitrogens is 2. The molecule has 0 bridgehead atoms. The molecule has 0 amide bonds. The maximum Gasteiger partial charge on any atom is 0.242 e. The zero-order valence-corrected chi connectivity index (χ0v) is 7.64. The standard InChI is InChI=1S/C11H12N2/c1-10(13-8-7-12-9-13)11-5-3-2-4-6-11/h2-10H,1H3/p+1. The molecule has 0 aliphatic carbocycles. The number of imidazole rings is 1. The Labute approximate surface area is 77.9 Å². The van der Waals surface area contributed by atoms with Crippen LogP contribution in [0.15, 0.2) is 49.1 Å². The highest BCUT2D eigenvalue weighted by Crippen LogP contribution is 2.09. The number of nitrogens with one attached hydrogen (secondary N) is 1. The van der Waals surface area contributed by atoms with E-state index in [1.165, 1.54) is 5.56 Å². The molecule has 1 N–H and O–H groups in total. The average molecular weight is 173 g/mol. The van der Waals surface area contributed by atoms with Crippen molar-refractivity contribution >= 4 is 0 Å². The van der Waals surface area contributed by atoms with Crippen molar-refractivity contribution in [3.8, 4) is 0 Å². The van der Waals surface area contributed by atoms with Gasteiger partial charge in [-0.3, -0.25) is 4.98 Å². The van der Waals surface area contributed by atoms with Crippen molar-refractivity contribution in [2.24, 2.45) is 0 Å². The van der Waals surface area contributed by atoms with Crippen molar-refractivity contribution in [1.82, 2.24) is 4.98 Å². The fourth-order valence-corrected chi connectivity index (χ4v) is 1.45. The van der Waals surface area contributed by atoms with Gasteiger partial charge in [0.25, 0.3) is 0 Å². The summed E-state index contributed by atoms with van der Waals surface area (Å²) in [6.45, 7) is 2.18. The lowest BCUT2D eigenvalue weighted by Gasteiger charge is -2.06. The van der Waals surface area contributed by atoms with E-state index in [0.29, 0.717) is 6.04 Å². The van der Waals surface area contributed by atoms with Gasteiger partial charge in [-0.1, -0.05) is 30.3 Å². The van der Waals surface area contributed by atoms with Crippen molar-refractivity contribution in [2.45, 2.75) is 13.0 Å². The third kappa shape index (κ3) is 1.61. The summed E-state index contributed by atoms with van der Waals surface area (Å²) in [4.78, 5) is 3.04. The summed E-state index contributed by atoms with van der Waals surface area (Å²) >= 11 is 0. The van der Waals surface area contributed by atoms with Crippen LogP contribution in [0.2, 0.25) is 0 Å². The van der Waals surface area contributed by atoms with Crippen LogP contribution in [0.5, 0.6) is 0 Å². The van der Waals surface area contributed by atoms with Crippen molar-refractivity contribution < 1.29 is 4.57 Å². The largest absolute Gasteiger partial charge is 0.250 e. The number of nitrogens with zero attached hydrogens (tertiary/aromatic N) is 1. The van der Waals surface area contributed by atoms with E-state index in [-0.39, 0.29) is 0 Å². The first-order chi connectivity index (χ1) is 6.38. The van der Waals surface area contributed by atoms with E-state index in [9.17, 15) is 0 Å². The highest BCUT2D eigenvalue weighted by molar-refractivity contribution is 5.16. The van der Waals surface area contributed by atoms with Gasteiger partial charge in [-0.2, -0.15) is 0 Å². The Morgan fingerprint density at radius 3 is 2.62 bits per heavy atom. The van der Waals surface area contributed by atoms with Gasteiger partial charge in [-0.15, -0.1) is 0 Å². The third-order valence-corrected chi connectivity index (χ3v) is 2.30. The minimum absolute atomic E-state index is 0.396. The maximum absolute atomic E-state index is 3.04. The molecular formula is C11H13N2+. The number of hydrogen-bond acceptors (Lipinski definition) is 0. The first-order valence-electron chi connectivity index (χ1n) is 4.46. The molecule has 2 rings (SSSR count). The second kappa shape index (κ2) is 3.44. The summed E-state index contributed by atoms with van der Waals surface area (Å²) in [5.74, 6) is 0. The molecule has 0 fully saturated rings. The van der Waals surface area contributed by atoms with Crippen LogP contribution in [-0.4, -0.2) is 4.98 Å². The SMILES string of the molecule is CC(c1ccccc1)[n+]1cc[nH]c1. The van der Waals surface area contributed by atoms with Gasteiger partial charge in [0.2, 0.25) is 6.33 Å². The summed E-state index contributed by atoms with van der Waals surface area (Å²) < 4.78 is 2.15. The Hall–Kier alpha value is -1.57. The number of aromatic amines is 1. The lowest BCUT2D eigenvalue weighted by molar-refractivity contribution is -0.709. The van der Waals surface area contributed by atoms with Crippen LogP contribution in [0.4, 0.5) is 0 Å². The second-order valence-corrected chi connectivity index (χ2v) is 3.15. The van der Waals surface area contributed by atoms with Gasteiger partial charge in [0.15, 0.2) is 0 Å². The molecule has 2 nitrogen and oxygen atoms in total. The zero-order valence-electron chi connectivity index (χ0n) is 7.64. The van der Waals surface area contributed by atoms with Gasteiger partial charge in [0.05, 0.1) is 0 Å². The minimum Gasteiger partial charge on any atom is -0.250 e. The Bertz CT molecular complexity index is 351. The van der Waals surface area contributed by atoms with E-state index in [1.54, 1.807) is 0 Å². The lowest BCUT2D eigenvalue weighted by Crippen LogP contribution is -2.35. The fourth-order valence-electron chi connectivity index (χ4n) is 1.45. The quantitative estimate of drug-likeness (QED) is 0.669. The molecule has 0 aliphatic rings. The van der Waals surface area contributed by atoms with Crippen LogP contribution in [0, 0.1) is 0 Å². The normalized spacial score (nSPS) is 12.7. The predicted octanol–water partition coefficient (Wildman–Crippen LogP) is 1.91. The molecule has 2 heteroatoms. The van der Waals surface area contributed by atoms with Gasteiger partial charge in [0, 0.05) is 0 Å². The molecule has 1 aromatic heterocycles. The summed E-state index contributed by atoms with van der Waals surface area (Å²) in [7, 11) is 0. The number of H-pyrrole nitrogens is 1. The molecular weight excluding hydrogens is 160 g/mol. The summed E-state index contributed by atoms with van der Waals surface area (Å²) in [5.41, 5.74) is 1.33. The van der Waals surface area contributed by atoms with Crippen molar-refractivity contribution in [3.05, 3.63) is 54.6 Å². The monoisotopic (exact) mass is 173 g/mol. The first-order valence-corrected chi connectivity index (χ1v) is 4.46. The topological polar surface area (TPSA) is 19.7 Å². The summed E-state index contributed by atoms with van der Waals surface area (Å²) in [6, 6.07) is 10.9. The summed E-state index contributed by atoms with van der Waals surface area (Å²) in [6.07, 6.45) is 5.94. The molecule has 1 heterocycles. The van der Waals surface area contributed by atoms with Gasteiger partial charge in [-0.05, 0) is 12.5 Å². The molecule has 13 heavy (non-hydrogen) atoms. The van der Waals surface area contributed by atoms with Crippen LogP contribution in [0.25, 0.3) is 0 Å². The molecule has 0 aliphatic heterocycles. The predicted molar refractivity (Wildman–Crippen MR) is 51.2 cm³/mol. The summed E-state index contributed by atoms with van der Waals surface area (Å²) in [5, 5.41) is 0. The van der Waals surface area contributed by atoms with E-state index in [1.807, 2.05) is 24.8 Å². The molecule has 1 unspecified atom stereocenters. The van der Waals surface area contributed by atoms with Gasteiger partial charge in [0.1, 0.15) is 18.4 Å². The van der Waals surface area contributed by atoms with Crippen LogP contribution < -0.4 is 4.57 Å². The average Bonchev–Trinajstić information content (AvgIpc) is 2.71. The van der Waals surface area contributed by atoms with Crippen LogP contribution in [0.3, 0.4) is 0 Å². The number of hydrogen-bond donors (Lipinski definition) is 1. The lowest BCUT2D eigenvalue weighted by atomic mass is 10.1. The minimum atomic E-state index is 0.396. The Morgan fingerprint density at radius 1 is 1.23 bits per heavy atom. The zero-order chi connectivity index (χ0) is 9.10. The van der Waals surface area contributed by atoms with Crippen LogP contribution in [0.1, 0.15) is 18.5 Å².